The molecule has 1 aromatic carbocycles. The van der Waals surface area contributed by atoms with Crippen molar-refractivity contribution in [2.75, 3.05) is 18.4 Å². The molecule has 1 aliphatic heterocycles. The van der Waals surface area contributed by atoms with Crippen LogP contribution in [0.15, 0.2) is 18.2 Å². The molecule has 33 heavy (non-hydrogen) atoms. The van der Waals surface area contributed by atoms with Crippen molar-refractivity contribution in [2.24, 2.45) is 18.9 Å². The van der Waals surface area contributed by atoms with E-state index in [-0.39, 0.29) is 35.3 Å². The highest BCUT2D eigenvalue weighted by Gasteiger charge is 2.57. The summed E-state index contributed by atoms with van der Waals surface area (Å²) in [6, 6.07) is 4.16. The topological polar surface area (TPSA) is 101 Å². The minimum Gasteiger partial charge on any atom is -0.346 e. The maximum absolute atomic E-state index is 13.5. The predicted molar refractivity (Wildman–Crippen MR) is 119 cm³/mol. The van der Waals surface area contributed by atoms with Gasteiger partial charge in [0.15, 0.2) is 0 Å². The molecule has 1 aliphatic carbocycles. The summed E-state index contributed by atoms with van der Waals surface area (Å²) in [5.74, 6) is -1.85. The Kier molecular flexibility index (Phi) is 5.59. The van der Waals surface area contributed by atoms with E-state index in [9.17, 15) is 23.6 Å². The van der Waals surface area contributed by atoms with E-state index >= 15 is 0 Å². The largest absolute Gasteiger partial charge is 0.346 e. The third-order valence-electron chi connectivity index (χ3n) is 6.93. The Morgan fingerprint density at radius 1 is 1.06 bits per heavy atom. The number of nitrogens with one attached hydrogen (secondary N) is 2. The van der Waals surface area contributed by atoms with Crippen molar-refractivity contribution >= 4 is 29.2 Å². The van der Waals surface area contributed by atoms with E-state index < -0.39 is 17.6 Å². The number of aromatic nitrogens is 1. The molecule has 1 saturated heterocycles. The zero-order valence-electron chi connectivity index (χ0n) is 19.3. The molecule has 3 atom stereocenters. The molecule has 3 amide bonds. The number of benzene rings is 1. The zero-order valence-corrected chi connectivity index (χ0v) is 19.3. The summed E-state index contributed by atoms with van der Waals surface area (Å²) in [6.45, 7) is 7.64. The number of halogens is 1. The average Bonchev–Trinajstić information content (AvgIpc) is 3.07. The normalized spacial score (nSPS) is 20.9. The maximum atomic E-state index is 13.5. The quantitative estimate of drug-likeness (QED) is 0.534. The number of hydrogen-bond acceptors (Lipinski definition) is 4. The Balaban J connectivity index is 1.48. The van der Waals surface area contributed by atoms with Crippen molar-refractivity contribution in [2.45, 2.75) is 33.7 Å². The number of amides is 3. The van der Waals surface area contributed by atoms with Gasteiger partial charge in [0, 0.05) is 56.3 Å². The first-order valence-electron chi connectivity index (χ1n) is 10.8. The van der Waals surface area contributed by atoms with Crippen LogP contribution in [0, 0.1) is 38.4 Å². The van der Waals surface area contributed by atoms with Crippen molar-refractivity contribution in [3.8, 4) is 0 Å². The smallest absolute Gasteiger partial charge is 0.294 e. The van der Waals surface area contributed by atoms with E-state index in [4.69, 9.17) is 0 Å². The molecule has 0 unspecified atom stereocenters. The van der Waals surface area contributed by atoms with Gasteiger partial charge < -0.3 is 20.1 Å². The van der Waals surface area contributed by atoms with Crippen LogP contribution in [0.5, 0.6) is 0 Å². The summed E-state index contributed by atoms with van der Waals surface area (Å²) in [6.07, 6.45) is 0. The molecule has 8 nitrogen and oxygen atoms in total. The van der Waals surface area contributed by atoms with E-state index in [1.807, 2.05) is 0 Å². The molecule has 0 spiro atoms. The van der Waals surface area contributed by atoms with Crippen LogP contribution >= 0.6 is 0 Å². The number of rotatable bonds is 5. The van der Waals surface area contributed by atoms with Crippen LogP contribution in [0.1, 0.15) is 44.6 Å². The molecule has 1 saturated carbocycles. The van der Waals surface area contributed by atoms with Gasteiger partial charge >= 0.3 is 0 Å². The fourth-order valence-corrected chi connectivity index (χ4v) is 4.87. The third kappa shape index (κ3) is 3.92. The first-order valence-corrected chi connectivity index (χ1v) is 10.8. The minimum absolute atomic E-state index is 0.0138. The monoisotopic (exact) mass is 454 g/mol. The van der Waals surface area contributed by atoms with Gasteiger partial charge in [-0.25, -0.2) is 4.39 Å². The molecule has 0 radical (unpaired) electrons. The standard InChI is InChI=1S/C24H27FN4O4/c1-11-8-15(6-7-18(11)25)26-23(32)19-12(2)21(28(5)13(19)3)22(31)24(33)27-20-16-9-29(14(4)30)10-17(16)20/h6-8,16-17,20H,9-10H2,1-5H3,(H,26,32)(H,27,33)/t16-,17+,20-. The van der Waals surface area contributed by atoms with E-state index in [1.54, 1.807) is 37.3 Å². The Bertz CT molecular complexity index is 1190. The van der Waals surface area contributed by atoms with E-state index in [1.165, 1.54) is 25.1 Å². The number of piperidine rings is 1. The van der Waals surface area contributed by atoms with Crippen molar-refractivity contribution in [3.63, 3.8) is 0 Å². The second kappa shape index (κ2) is 8.13. The van der Waals surface area contributed by atoms with Gasteiger partial charge in [0.05, 0.1) is 11.3 Å². The van der Waals surface area contributed by atoms with Crippen LogP contribution in [-0.2, 0) is 16.6 Å². The Hall–Kier alpha value is -3.49. The Morgan fingerprint density at radius 3 is 2.27 bits per heavy atom. The van der Waals surface area contributed by atoms with Crippen LogP contribution < -0.4 is 10.6 Å². The molecule has 2 N–H and O–H groups in total. The molecule has 2 heterocycles. The van der Waals surface area contributed by atoms with Gasteiger partial charge in [-0.05, 0) is 50.1 Å². The van der Waals surface area contributed by atoms with Crippen LogP contribution in [0.2, 0.25) is 0 Å². The van der Waals surface area contributed by atoms with Crippen LogP contribution in [0.3, 0.4) is 0 Å². The van der Waals surface area contributed by atoms with Crippen LogP contribution in [0.25, 0.3) is 0 Å². The number of carbonyl (C=O) groups excluding carboxylic acids is 4. The maximum Gasteiger partial charge on any atom is 0.294 e. The molecule has 1 aromatic heterocycles. The molecule has 2 aliphatic rings. The molecular weight excluding hydrogens is 427 g/mol. The van der Waals surface area contributed by atoms with Crippen LogP contribution in [-0.4, -0.2) is 52.1 Å². The van der Waals surface area contributed by atoms with E-state index in [0.717, 1.165) is 0 Å². The number of likely N-dealkylation sites (tertiary alicyclic amines) is 1. The van der Waals surface area contributed by atoms with Crippen molar-refractivity contribution in [1.82, 2.24) is 14.8 Å². The number of nitrogens with zero attached hydrogens (tertiary/aromatic N) is 2. The molecule has 9 heteroatoms. The number of ketones is 1. The van der Waals surface area contributed by atoms with Gasteiger partial charge in [0.2, 0.25) is 5.91 Å². The molecule has 2 aromatic rings. The SMILES string of the molecule is CC(=O)N1C[C@@H]2[C@H](C1)[C@@H]2NC(=O)C(=O)c1c(C)c(C(=O)Nc2ccc(F)c(C)c2)c(C)n1C. The molecule has 2 fully saturated rings. The second-order valence-electron chi connectivity index (χ2n) is 8.99. The van der Waals surface area contributed by atoms with Crippen LogP contribution in [0.4, 0.5) is 10.1 Å². The number of aryl methyl sites for hydroxylation is 1. The highest BCUT2D eigenvalue weighted by Crippen LogP contribution is 2.45. The third-order valence-corrected chi connectivity index (χ3v) is 6.93. The fraction of sp³-hybridized carbons (Fsp3) is 0.417. The number of anilines is 1. The van der Waals surface area contributed by atoms with E-state index in [0.29, 0.717) is 41.2 Å². The van der Waals surface area contributed by atoms with Gasteiger partial charge in [-0.2, -0.15) is 0 Å². The van der Waals surface area contributed by atoms with Crippen molar-refractivity contribution in [1.29, 1.82) is 0 Å². The van der Waals surface area contributed by atoms with Gasteiger partial charge in [0.1, 0.15) is 5.82 Å². The number of Topliss-reactive ketones (excluding diaryl/α,β-unsaturated/α-hetero) is 1. The Morgan fingerprint density at radius 2 is 1.70 bits per heavy atom. The second-order valence-corrected chi connectivity index (χ2v) is 8.99. The van der Waals surface area contributed by atoms with Gasteiger partial charge in [0.25, 0.3) is 17.6 Å². The highest BCUT2D eigenvalue weighted by atomic mass is 19.1. The van der Waals surface area contributed by atoms with Crippen molar-refractivity contribution in [3.05, 3.63) is 52.1 Å². The summed E-state index contributed by atoms with van der Waals surface area (Å²) in [5, 5.41) is 5.54. The zero-order chi connectivity index (χ0) is 24.2. The lowest BCUT2D eigenvalue weighted by molar-refractivity contribution is -0.128. The predicted octanol–water partition coefficient (Wildman–Crippen LogP) is 2.12. The number of hydrogen-bond donors (Lipinski definition) is 2. The van der Waals surface area contributed by atoms with Gasteiger partial charge in [-0.15, -0.1) is 0 Å². The molecule has 4 rings (SSSR count). The van der Waals surface area contributed by atoms with Crippen molar-refractivity contribution < 1.29 is 23.6 Å². The van der Waals surface area contributed by atoms with E-state index in [2.05, 4.69) is 10.6 Å². The number of carbonyl (C=O) groups is 4. The lowest BCUT2D eigenvalue weighted by Gasteiger charge is -2.18. The molecule has 0 bridgehead atoms. The summed E-state index contributed by atoms with van der Waals surface area (Å²) in [7, 11) is 1.64. The first kappa shape index (κ1) is 22.7. The summed E-state index contributed by atoms with van der Waals surface area (Å²) in [5.41, 5.74) is 2.24. The summed E-state index contributed by atoms with van der Waals surface area (Å²) in [4.78, 5) is 51.9. The molecular formula is C24H27FN4O4. The number of fused-ring (bicyclic) bond motifs is 1. The lowest BCUT2D eigenvalue weighted by Crippen LogP contribution is -2.39. The van der Waals surface area contributed by atoms with Gasteiger partial charge in [-0.1, -0.05) is 0 Å². The Labute approximate surface area is 191 Å². The fourth-order valence-electron chi connectivity index (χ4n) is 4.87. The minimum atomic E-state index is -0.714. The van der Waals surface area contributed by atoms with Gasteiger partial charge in [-0.3, -0.25) is 19.2 Å². The summed E-state index contributed by atoms with van der Waals surface area (Å²) < 4.78 is 15.1. The average molecular weight is 455 g/mol. The first-order chi connectivity index (χ1) is 15.5. The summed E-state index contributed by atoms with van der Waals surface area (Å²) >= 11 is 0. The molecule has 174 valence electrons. The lowest BCUT2D eigenvalue weighted by atomic mass is 10.1. The highest BCUT2D eigenvalue weighted by molar-refractivity contribution is 6.43.